The molecule has 0 unspecified atom stereocenters. The predicted molar refractivity (Wildman–Crippen MR) is 84.8 cm³/mol. The van der Waals surface area contributed by atoms with E-state index in [9.17, 15) is 0 Å². The predicted octanol–water partition coefficient (Wildman–Crippen LogP) is 3.89. The van der Waals surface area contributed by atoms with Crippen LogP contribution in [0.4, 0.5) is 0 Å². The highest BCUT2D eigenvalue weighted by Crippen LogP contribution is 2.16. The second-order valence-corrected chi connectivity index (χ2v) is 4.64. The van der Waals surface area contributed by atoms with Crippen molar-refractivity contribution < 1.29 is 4.74 Å². The minimum absolute atomic E-state index is 0.605. The van der Waals surface area contributed by atoms with Crippen molar-refractivity contribution in [2.75, 3.05) is 13.6 Å². The molecule has 0 fully saturated rings. The molecule has 0 aliphatic carbocycles. The molecule has 2 rings (SSSR count). The molecule has 0 amide bonds. The molecule has 0 aromatic heterocycles. The summed E-state index contributed by atoms with van der Waals surface area (Å²) in [5.41, 5.74) is 2.36. The zero-order valence-corrected chi connectivity index (χ0v) is 11.9. The summed E-state index contributed by atoms with van der Waals surface area (Å²) in [6.07, 6.45) is 5.34. The maximum atomic E-state index is 5.81. The van der Waals surface area contributed by atoms with Crippen molar-refractivity contribution in [2.24, 2.45) is 0 Å². The smallest absolute Gasteiger partial charge is 0.120 e. The lowest BCUT2D eigenvalue weighted by atomic mass is 10.2. The van der Waals surface area contributed by atoms with Gasteiger partial charge in [-0.3, -0.25) is 0 Å². The summed E-state index contributed by atoms with van der Waals surface area (Å²) in [6, 6.07) is 18.4. The molecule has 2 aromatic rings. The van der Waals surface area contributed by atoms with Crippen molar-refractivity contribution in [3.63, 3.8) is 0 Å². The van der Waals surface area contributed by atoms with Gasteiger partial charge >= 0.3 is 0 Å². The molecule has 104 valence electrons. The van der Waals surface area contributed by atoms with Gasteiger partial charge in [-0.1, -0.05) is 54.6 Å². The van der Waals surface area contributed by atoms with E-state index >= 15 is 0 Å². The lowest BCUT2D eigenvalue weighted by molar-refractivity contribution is 0.306. The van der Waals surface area contributed by atoms with Crippen LogP contribution in [0.3, 0.4) is 0 Å². The second-order valence-electron chi connectivity index (χ2n) is 4.64. The van der Waals surface area contributed by atoms with Crippen molar-refractivity contribution in [1.29, 1.82) is 0 Å². The summed E-state index contributed by atoms with van der Waals surface area (Å²) in [5.74, 6) is 0.907. The molecule has 0 radical (unpaired) electrons. The Morgan fingerprint density at radius 3 is 2.70 bits per heavy atom. The molecule has 0 heterocycles. The molecule has 20 heavy (non-hydrogen) atoms. The Morgan fingerprint density at radius 2 is 1.90 bits per heavy atom. The van der Waals surface area contributed by atoms with E-state index < -0.39 is 0 Å². The van der Waals surface area contributed by atoms with Crippen LogP contribution in [0.25, 0.3) is 6.08 Å². The highest BCUT2D eigenvalue weighted by atomic mass is 16.5. The summed E-state index contributed by atoms with van der Waals surface area (Å²) < 4.78 is 5.81. The van der Waals surface area contributed by atoms with Gasteiger partial charge in [0.1, 0.15) is 12.4 Å². The first-order valence-electron chi connectivity index (χ1n) is 6.96. The Bertz CT molecular complexity index is 534. The Labute approximate surface area is 121 Å². The van der Waals surface area contributed by atoms with E-state index in [1.807, 2.05) is 37.4 Å². The monoisotopic (exact) mass is 267 g/mol. The largest absolute Gasteiger partial charge is 0.489 e. The van der Waals surface area contributed by atoms with Gasteiger partial charge in [-0.25, -0.2) is 0 Å². The summed E-state index contributed by atoms with van der Waals surface area (Å²) in [4.78, 5) is 0. The van der Waals surface area contributed by atoms with Crippen molar-refractivity contribution in [1.82, 2.24) is 5.32 Å². The number of hydrogen-bond acceptors (Lipinski definition) is 2. The van der Waals surface area contributed by atoms with E-state index in [0.717, 1.165) is 18.7 Å². The Kier molecular flexibility index (Phi) is 5.87. The SMILES string of the molecule is CNCCC=Cc1cccc(OCc2ccccc2)c1. The quantitative estimate of drug-likeness (QED) is 0.768. The number of benzene rings is 2. The van der Waals surface area contributed by atoms with Gasteiger partial charge in [0.25, 0.3) is 0 Å². The molecule has 0 saturated carbocycles. The van der Waals surface area contributed by atoms with Gasteiger partial charge in [-0.05, 0) is 43.3 Å². The Hall–Kier alpha value is -2.06. The van der Waals surface area contributed by atoms with Crippen molar-refractivity contribution in [3.05, 3.63) is 71.8 Å². The van der Waals surface area contributed by atoms with Crippen molar-refractivity contribution in [3.8, 4) is 5.75 Å². The van der Waals surface area contributed by atoms with Crippen LogP contribution in [0.15, 0.2) is 60.7 Å². The normalized spacial score (nSPS) is 10.8. The molecule has 1 N–H and O–H groups in total. The molecule has 0 saturated heterocycles. The van der Waals surface area contributed by atoms with Crippen LogP contribution in [0.2, 0.25) is 0 Å². The molecule has 0 atom stereocenters. The van der Waals surface area contributed by atoms with Crippen molar-refractivity contribution >= 4 is 6.08 Å². The van der Waals surface area contributed by atoms with Gasteiger partial charge < -0.3 is 10.1 Å². The highest BCUT2D eigenvalue weighted by Gasteiger charge is 1.96. The number of hydrogen-bond donors (Lipinski definition) is 1. The zero-order chi connectivity index (χ0) is 14.0. The van der Waals surface area contributed by atoms with Crippen LogP contribution >= 0.6 is 0 Å². The Morgan fingerprint density at radius 1 is 1.05 bits per heavy atom. The summed E-state index contributed by atoms with van der Waals surface area (Å²) in [7, 11) is 1.96. The van der Waals surface area contributed by atoms with E-state index in [2.05, 4.69) is 41.7 Å². The molecule has 0 bridgehead atoms. The van der Waals surface area contributed by atoms with Crippen LogP contribution in [0.1, 0.15) is 17.5 Å². The zero-order valence-electron chi connectivity index (χ0n) is 11.9. The van der Waals surface area contributed by atoms with Gasteiger partial charge in [0, 0.05) is 0 Å². The summed E-state index contributed by atoms with van der Waals surface area (Å²) in [6.45, 7) is 1.61. The van der Waals surface area contributed by atoms with Gasteiger partial charge in [0.05, 0.1) is 0 Å². The third kappa shape index (κ3) is 4.90. The van der Waals surface area contributed by atoms with Crippen molar-refractivity contribution in [2.45, 2.75) is 13.0 Å². The molecule has 0 spiro atoms. The van der Waals surface area contributed by atoms with Gasteiger partial charge in [0.2, 0.25) is 0 Å². The van der Waals surface area contributed by atoms with E-state index in [1.54, 1.807) is 0 Å². The van der Waals surface area contributed by atoms with Crippen LogP contribution in [0, 0.1) is 0 Å². The van der Waals surface area contributed by atoms with Gasteiger partial charge in [-0.2, -0.15) is 0 Å². The highest BCUT2D eigenvalue weighted by molar-refractivity contribution is 5.51. The molecular weight excluding hydrogens is 246 g/mol. The molecule has 2 nitrogen and oxygen atoms in total. The summed E-state index contributed by atoms with van der Waals surface area (Å²) in [5, 5.41) is 3.13. The first kappa shape index (κ1) is 14.4. The van der Waals surface area contributed by atoms with Crippen LogP contribution < -0.4 is 10.1 Å². The molecular formula is C18H21NO. The molecule has 0 aliphatic heterocycles. The van der Waals surface area contributed by atoms with E-state index in [1.165, 1.54) is 11.1 Å². The minimum atomic E-state index is 0.605. The molecule has 2 heteroatoms. The van der Waals surface area contributed by atoms with Gasteiger partial charge in [0.15, 0.2) is 0 Å². The van der Waals surface area contributed by atoms with E-state index in [4.69, 9.17) is 4.74 Å². The first-order valence-corrected chi connectivity index (χ1v) is 6.96. The fourth-order valence-corrected chi connectivity index (χ4v) is 1.90. The third-order valence-electron chi connectivity index (χ3n) is 2.98. The maximum Gasteiger partial charge on any atom is 0.120 e. The fourth-order valence-electron chi connectivity index (χ4n) is 1.90. The van der Waals surface area contributed by atoms with Crippen LogP contribution in [-0.4, -0.2) is 13.6 Å². The van der Waals surface area contributed by atoms with E-state index in [0.29, 0.717) is 6.61 Å². The fraction of sp³-hybridized carbons (Fsp3) is 0.222. The summed E-state index contributed by atoms with van der Waals surface area (Å²) >= 11 is 0. The molecule has 0 aliphatic rings. The Balaban J connectivity index is 1.90. The lowest BCUT2D eigenvalue weighted by Gasteiger charge is -2.06. The third-order valence-corrected chi connectivity index (χ3v) is 2.98. The minimum Gasteiger partial charge on any atom is -0.489 e. The van der Waals surface area contributed by atoms with Gasteiger partial charge in [-0.15, -0.1) is 0 Å². The average molecular weight is 267 g/mol. The number of ether oxygens (including phenoxy) is 1. The molecule has 2 aromatic carbocycles. The van der Waals surface area contributed by atoms with E-state index in [-0.39, 0.29) is 0 Å². The topological polar surface area (TPSA) is 21.3 Å². The average Bonchev–Trinajstić information content (AvgIpc) is 2.51. The second kappa shape index (κ2) is 8.18. The van der Waals surface area contributed by atoms with Crippen LogP contribution in [0.5, 0.6) is 5.75 Å². The standard InChI is InChI=1S/C18H21NO/c1-19-13-6-5-8-16-11-7-12-18(14-16)20-15-17-9-3-2-4-10-17/h2-5,7-12,14,19H,6,13,15H2,1H3. The number of rotatable bonds is 7. The lowest BCUT2D eigenvalue weighted by Crippen LogP contribution is -2.05. The van der Waals surface area contributed by atoms with Crippen LogP contribution in [-0.2, 0) is 6.61 Å². The maximum absolute atomic E-state index is 5.81. The number of nitrogens with one attached hydrogen (secondary N) is 1. The first-order chi connectivity index (χ1) is 9.88.